The van der Waals surface area contributed by atoms with Gasteiger partial charge in [0.05, 0.1) is 5.41 Å². The molecule has 0 saturated carbocycles. The predicted octanol–water partition coefficient (Wildman–Crippen LogP) is 10.5. The molecule has 190 valence electrons. The van der Waals surface area contributed by atoms with Crippen molar-refractivity contribution in [2.75, 3.05) is 0 Å². The standard InChI is InChI=1S/C39H27Cl/c1-2-25-11-13-26(14-12-25)28-17-21-33-31-7-3-5-9-35(31)39(37(33)23-28)36-10-6-4-8-32(36)34-22-18-29(24-38(34)39)27-15-19-30(40)20-16-27/h2-24,32,36H,1H2. The first-order valence-electron chi connectivity index (χ1n) is 13.9. The third kappa shape index (κ3) is 3.20. The topological polar surface area (TPSA) is 0 Å². The molecular formula is C39H27Cl. The first-order chi connectivity index (χ1) is 19.7. The van der Waals surface area contributed by atoms with Crippen molar-refractivity contribution in [3.8, 4) is 33.4 Å². The van der Waals surface area contributed by atoms with Gasteiger partial charge in [0.25, 0.3) is 0 Å². The minimum Gasteiger partial charge on any atom is -0.0985 e. The van der Waals surface area contributed by atoms with Gasteiger partial charge < -0.3 is 0 Å². The summed E-state index contributed by atoms with van der Waals surface area (Å²) in [5.74, 6) is 0.627. The number of allylic oxidation sites excluding steroid dienone is 4. The monoisotopic (exact) mass is 530 g/mol. The van der Waals surface area contributed by atoms with Gasteiger partial charge in [0, 0.05) is 16.9 Å². The van der Waals surface area contributed by atoms with E-state index in [9.17, 15) is 0 Å². The third-order valence-corrected chi connectivity index (χ3v) is 9.47. The molecule has 1 spiro atoms. The Kier molecular flexibility index (Phi) is 5.18. The van der Waals surface area contributed by atoms with Gasteiger partial charge in [-0.05, 0) is 85.5 Å². The molecule has 5 aromatic rings. The summed E-state index contributed by atoms with van der Waals surface area (Å²) < 4.78 is 0. The van der Waals surface area contributed by atoms with Crippen molar-refractivity contribution in [1.29, 1.82) is 0 Å². The van der Waals surface area contributed by atoms with Gasteiger partial charge in [0.15, 0.2) is 0 Å². The largest absolute Gasteiger partial charge is 0.0985 e. The summed E-state index contributed by atoms with van der Waals surface area (Å²) in [6.45, 7) is 3.93. The highest BCUT2D eigenvalue weighted by atomic mass is 35.5. The Morgan fingerprint density at radius 1 is 0.600 bits per heavy atom. The van der Waals surface area contributed by atoms with Gasteiger partial charge in [-0.3, -0.25) is 0 Å². The van der Waals surface area contributed by atoms with E-state index >= 15 is 0 Å². The second kappa shape index (κ2) is 8.81. The van der Waals surface area contributed by atoms with E-state index in [1.54, 1.807) is 0 Å². The lowest BCUT2D eigenvalue weighted by Crippen LogP contribution is -2.33. The third-order valence-electron chi connectivity index (χ3n) is 9.22. The lowest BCUT2D eigenvalue weighted by molar-refractivity contribution is 0.466. The highest BCUT2D eigenvalue weighted by Crippen LogP contribution is 2.65. The zero-order valence-electron chi connectivity index (χ0n) is 22.0. The second-order valence-corrected chi connectivity index (χ2v) is 11.5. The molecule has 3 unspecified atom stereocenters. The fraction of sp³-hybridized carbons (Fsp3) is 0.0769. The molecule has 0 saturated heterocycles. The number of hydrogen-bond acceptors (Lipinski definition) is 0. The molecular weight excluding hydrogens is 504 g/mol. The molecule has 0 aromatic heterocycles. The Morgan fingerprint density at radius 3 is 2.00 bits per heavy atom. The number of benzene rings is 5. The molecule has 0 fully saturated rings. The molecule has 0 aliphatic heterocycles. The summed E-state index contributed by atoms with van der Waals surface area (Å²) in [7, 11) is 0. The molecule has 3 aliphatic rings. The minimum atomic E-state index is -0.271. The molecule has 1 heteroatoms. The Hall–Kier alpha value is -4.39. The van der Waals surface area contributed by atoms with Crippen LogP contribution < -0.4 is 0 Å². The van der Waals surface area contributed by atoms with Gasteiger partial charge in [-0.15, -0.1) is 0 Å². The van der Waals surface area contributed by atoms with Crippen LogP contribution in [0.25, 0.3) is 39.5 Å². The zero-order valence-corrected chi connectivity index (χ0v) is 22.8. The van der Waals surface area contributed by atoms with Gasteiger partial charge in [0.1, 0.15) is 0 Å². The van der Waals surface area contributed by atoms with E-state index in [2.05, 4.69) is 128 Å². The first kappa shape index (κ1) is 23.5. The van der Waals surface area contributed by atoms with Crippen LogP contribution in [-0.4, -0.2) is 0 Å². The number of fused-ring (bicyclic) bond motifs is 10. The van der Waals surface area contributed by atoms with E-state index in [-0.39, 0.29) is 5.41 Å². The van der Waals surface area contributed by atoms with Crippen LogP contribution >= 0.6 is 11.6 Å². The molecule has 0 N–H and O–H groups in total. The summed E-state index contributed by atoms with van der Waals surface area (Å²) in [5.41, 5.74) is 14.1. The van der Waals surface area contributed by atoms with Crippen LogP contribution in [0.1, 0.15) is 33.7 Å². The van der Waals surface area contributed by atoms with Gasteiger partial charge in [0.2, 0.25) is 0 Å². The van der Waals surface area contributed by atoms with Crippen molar-refractivity contribution >= 4 is 17.7 Å². The van der Waals surface area contributed by atoms with E-state index in [0.29, 0.717) is 11.8 Å². The number of hydrogen-bond donors (Lipinski definition) is 0. The molecule has 3 aliphatic carbocycles. The van der Waals surface area contributed by atoms with Crippen LogP contribution in [0.3, 0.4) is 0 Å². The Bertz CT molecular complexity index is 1870. The molecule has 0 nitrogen and oxygen atoms in total. The molecule has 0 heterocycles. The molecule has 8 rings (SSSR count). The van der Waals surface area contributed by atoms with Crippen molar-refractivity contribution < 1.29 is 0 Å². The average Bonchev–Trinajstić information content (AvgIpc) is 3.48. The van der Waals surface area contributed by atoms with Crippen LogP contribution in [0.15, 0.2) is 140 Å². The normalized spacial score (nSPS) is 21.1. The van der Waals surface area contributed by atoms with Crippen LogP contribution in [0, 0.1) is 5.92 Å². The van der Waals surface area contributed by atoms with Gasteiger partial charge in [-0.2, -0.15) is 0 Å². The van der Waals surface area contributed by atoms with Crippen molar-refractivity contribution in [1.82, 2.24) is 0 Å². The Labute approximate surface area is 240 Å². The summed E-state index contributed by atoms with van der Waals surface area (Å²) >= 11 is 6.25. The van der Waals surface area contributed by atoms with Crippen LogP contribution in [0.5, 0.6) is 0 Å². The van der Waals surface area contributed by atoms with Crippen LogP contribution in [0.4, 0.5) is 0 Å². The summed E-state index contributed by atoms with van der Waals surface area (Å²) in [4.78, 5) is 0. The van der Waals surface area contributed by atoms with Crippen molar-refractivity contribution in [3.63, 3.8) is 0 Å². The number of rotatable bonds is 3. The maximum Gasteiger partial charge on any atom is 0.0538 e. The smallest absolute Gasteiger partial charge is 0.0538 e. The van der Waals surface area contributed by atoms with Crippen molar-refractivity contribution in [2.45, 2.75) is 11.3 Å². The molecule has 0 radical (unpaired) electrons. The number of halogens is 1. The van der Waals surface area contributed by atoms with E-state index < -0.39 is 0 Å². The lowest BCUT2D eigenvalue weighted by Gasteiger charge is -2.36. The first-order valence-corrected chi connectivity index (χ1v) is 14.3. The highest BCUT2D eigenvalue weighted by molar-refractivity contribution is 6.30. The molecule has 40 heavy (non-hydrogen) atoms. The molecule has 0 amide bonds. The predicted molar refractivity (Wildman–Crippen MR) is 169 cm³/mol. The minimum absolute atomic E-state index is 0.271. The quantitative estimate of drug-likeness (QED) is 0.217. The van der Waals surface area contributed by atoms with E-state index in [1.807, 2.05) is 18.2 Å². The maximum atomic E-state index is 6.25. The van der Waals surface area contributed by atoms with E-state index in [1.165, 1.54) is 55.6 Å². The zero-order chi connectivity index (χ0) is 26.8. The second-order valence-electron chi connectivity index (χ2n) is 11.1. The Balaban J connectivity index is 1.42. The van der Waals surface area contributed by atoms with Crippen LogP contribution in [0.2, 0.25) is 5.02 Å². The van der Waals surface area contributed by atoms with E-state index in [4.69, 9.17) is 11.6 Å². The summed E-state index contributed by atoms with van der Waals surface area (Å²) in [5, 5.41) is 0.759. The summed E-state index contributed by atoms with van der Waals surface area (Å²) in [6.07, 6.45) is 11.2. The van der Waals surface area contributed by atoms with Crippen molar-refractivity contribution in [3.05, 3.63) is 173 Å². The Morgan fingerprint density at radius 2 is 1.23 bits per heavy atom. The molecule has 3 atom stereocenters. The van der Waals surface area contributed by atoms with Gasteiger partial charge in [-0.1, -0.05) is 133 Å². The van der Waals surface area contributed by atoms with Gasteiger partial charge >= 0.3 is 0 Å². The van der Waals surface area contributed by atoms with Gasteiger partial charge in [-0.25, -0.2) is 0 Å². The fourth-order valence-corrected chi connectivity index (χ4v) is 7.59. The van der Waals surface area contributed by atoms with E-state index in [0.717, 1.165) is 10.6 Å². The fourth-order valence-electron chi connectivity index (χ4n) is 7.46. The SMILES string of the molecule is C=Cc1ccc(-c2ccc3c(c2)C2(c4ccccc4-3)c3cc(-c4ccc(Cl)cc4)ccc3C3C=CC=CC32)cc1. The molecule has 5 aromatic carbocycles. The molecule has 0 bridgehead atoms. The summed E-state index contributed by atoms with van der Waals surface area (Å²) in [6, 6.07) is 40.2. The van der Waals surface area contributed by atoms with Crippen molar-refractivity contribution in [2.24, 2.45) is 5.92 Å². The lowest BCUT2D eigenvalue weighted by atomic mass is 9.65. The highest BCUT2D eigenvalue weighted by Gasteiger charge is 2.57. The average molecular weight is 531 g/mol. The maximum absolute atomic E-state index is 6.25. The van der Waals surface area contributed by atoms with Crippen LogP contribution in [-0.2, 0) is 5.41 Å².